The lowest BCUT2D eigenvalue weighted by molar-refractivity contribution is 0.107. The van der Waals surface area contributed by atoms with Gasteiger partial charge in [0.05, 0.1) is 0 Å². The molecule has 4 rings (SSSR count). The monoisotopic (exact) mass is 317 g/mol. The SMILES string of the molecule is C#CC1CCN(C(=O)OCC2c3ccccc3-c3ccccc32)C1. The third-order valence-corrected chi connectivity index (χ3v) is 5.02. The van der Waals surface area contributed by atoms with Gasteiger partial charge < -0.3 is 9.64 Å². The first kappa shape index (κ1) is 14.8. The second-order valence-corrected chi connectivity index (χ2v) is 6.40. The van der Waals surface area contributed by atoms with E-state index < -0.39 is 0 Å². The smallest absolute Gasteiger partial charge is 0.409 e. The summed E-state index contributed by atoms with van der Waals surface area (Å²) >= 11 is 0. The standard InChI is InChI=1S/C21H19NO2/c1-2-15-11-12-22(13-15)21(23)24-14-20-18-9-5-3-7-16(18)17-8-4-6-10-19(17)20/h1,3-10,15,20H,11-14H2. The molecule has 0 aromatic heterocycles. The van der Waals surface area contributed by atoms with E-state index in [0.717, 1.165) is 6.42 Å². The van der Waals surface area contributed by atoms with E-state index in [1.165, 1.54) is 22.3 Å². The van der Waals surface area contributed by atoms with Crippen LogP contribution in [0, 0.1) is 18.3 Å². The van der Waals surface area contributed by atoms with Gasteiger partial charge in [-0.1, -0.05) is 48.5 Å². The maximum atomic E-state index is 12.3. The first-order valence-corrected chi connectivity index (χ1v) is 8.34. The zero-order chi connectivity index (χ0) is 16.5. The number of terminal acetylenes is 1. The molecule has 1 aliphatic carbocycles. The second kappa shape index (κ2) is 6.05. The van der Waals surface area contributed by atoms with Crippen LogP contribution in [0.15, 0.2) is 48.5 Å². The summed E-state index contributed by atoms with van der Waals surface area (Å²) < 4.78 is 5.63. The average Bonchev–Trinajstić information content (AvgIpc) is 3.23. The topological polar surface area (TPSA) is 29.5 Å². The number of nitrogens with zero attached hydrogens (tertiary/aromatic N) is 1. The van der Waals surface area contributed by atoms with Crippen molar-refractivity contribution in [2.75, 3.05) is 19.7 Å². The fraction of sp³-hybridized carbons (Fsp3) is 0.286. The Balaban J connectivity index is 1.51. The summed E-state index contributed by atoms with van der Waals surface area (Å²) in [7, 11) is 0. The molecule has 3 heteroatoms. The molecule has 2 aromatic rings. The molecular weight excluding hydrogens is 298 g/mol. The van der Waals surface area contributed by atoms with E-state index in [2.05, 4.69) is 30.2 Å². The molecule has 0 saturated carbocycles. The Labute approximate surface area is 142 Å². The maximum Gasteiger partial charge on any atom is 0.409 e. The normalized spacial score (nSPS) is 18.8. The molecule has 0 bridgehead atoms. The van der Waals surface area contributed by atoms with E-state index >= 15 is 0 Å². The molecule has 1 fully saturated rings. The highest BCUT2D eigenvalue weighted by molar-refractivity contribution is 5.79. The summed E-state index contributed by atoms with van der Waals surface area (Å²) in [6, 6.07) is 16.7. The van der Waals surface area contributed by atoms with Crippen LogP contribution in [-0.2, 0) is 4.74 Å². The van der Waals surface area contributed by atoms with Crippen LogP contribution in [0.25, 0.3) is 11.1 Å². The number of hydrogen-bond donors (Lipinski definition) is 0. The Morgan fingerprint density at radius 3 is 2.33 bits per heavy atom. The van der Waals surface area contributed by atoms with Gasteiger partial charge in [-0.2, -0.15) is 0 Å². The van der Waals surface area contributed by atoms with Crippen molar-refractivity contribution in [3.8, 4) is 23.5 Å². The molecule has 1 atom stereocenters. The van der Waals surface area contributed by atoms with Gasteiger partial charge in [-0.05, 0) is 28.7 Å². The molecule has 120 valence electrons. The molecule has 1 aliphatic heterocycles. The molecule has 1 unspecified atom stereocenters. The largest absolute Gasteiger partial charge is 0.448 e. The molecule has 1 saturated heterocycles. The van der Waals surface area contributed by atoms with Gasteiger partial charge >= 0.3 is 6.09 Å². The van der Waals surface area contributed by atoms with Crippen LogP contribution in [0.4, 0.5) is 4.79 Å². The number of ether oxygens (including phenoxy) is 1. The van der Waals surface area contributed by atoms with Crippen molar-refractivity contribution >= 4 is 6.09 Å². The molecule has 0 spiro atoms. The Morgan fingerprint density at radius 2 is 1.75 bits per heavy atom. The number of carbonyl (C=O) groups excluding carboxylic acids is 1. The molecule has 0 N–H and O–H groups in total. The van der Waals surface area contributed by atoms with Crippen LogP contribution >= 0.6 is 0 Å². The first-order valence-electron chi connectivity index (χ1n) is 8.34. The van der Waals surface area contributed by atoms with Crippen LogP contribution in [0.1, 0.15) is 23.5 Å². The van der Waals surface area contributed by atoms with Gasteiger partial charge in [0.25, 0.3) is 0 Å². The predicted octanol–water partition coefficient (Wildman–Crippen LogP) is 3.89. The summed E-state index contributed by atoms with van der Waals surface area (Å²) in [5, 5.41) is 0. The van der Waals surface area contributed by atoms with E-state index in [-0.39, 0.29) is 17.9 Å². The Bertz CT molecular complexity index is 775. The number of carbonyl (C=O) groups is 1. The number of benzene rings is 2. The lowest BCUT2D eigenvalue weighted by Gasteiger charge is -2.19. The lowest BCUT2D eigenvalue weighted by Crippen LogP contribution is -2.30. The van der Waals surface area contributed by atoms with E-state index in [9.17, 15) is 4.79 Å². The van der Waals surface area contributed by atoms with Crippen molar-refractivity contribution in [1.29, 1.82) is 0 Å². The van der Waals surface area contributed by atoms with Crippen LogP contribution in [-0.4, -0.2) is 30.7 Å². The van der Waals surface area contributed by atoms with Crippen LogP contribution in [0.3, 0.4) is 0 Å². The second-order valence-electron chi connectivity index (χ2n) is 6.40. The molecule has 1 heterocycles. The molecule has 1 amide bonds. The van der Waals surface area contributed by atoms with Gasteiger partial charge in [-0.3, -0.25) is 0 Å². The fourth-order valence-electron chi connectivity index (χ4n) is 3.75. The summed E-state index contributed by atoms with van der Waals surface area (Å²) in [6.07, 6.45) is 6.05. The molecule has 0 radical (unpaired) electrons. The van der Waals surface area contributed by atoms with E-state index in [4.69, 9.17) is 11.2 Å². The van der Waals surface area contributed by atoms with Gasteiger partial charge in [-0.25, -0.2) is 4.79 Å². The van der Waals surface area contributed by atoms with E-state index in [0.29, 0.717) is 19.7 Å². The fourth-order valence-corrected chi connectivity index (χ4v) is 3.75. The Kier molecular flexibility index (Phi) is 3.74. The molecule has 2 aromatic carbocycles. The number of likely N-dealkylation sites (tertiary alicyclic amines) is 1. The van der Waals surface area contributed by atoms with Crippen molar-refractivity contribution < 1.29 is 9.53 Å². The molecular formula is C21H19NO2. The van der Waals surface area contributed by atoms with E-state index in [1.54, 1.807) is 4.90 Å². The van der Waals surface area contributed by atoms with Crippen molar-refractivity contribution in [3.05, 3.63) is 59.7 Å². The quantitative estimate of drug-likeness (QED) is 0.787. The molecule has 2 aliphatic rings. The molecule has 24 heavy (non-hydrogen) atoms. The number of hydrogen-bond acceptors (Lipinski definition) is 2. The first-order chi connectivity index (χ1) is 11.8. The Morgan fingerprint density at radius 1 is 1.12 bits per heavy atom. The van der Waals surface area contributed by atoms with Gasteiger partial charge in [0.1, 0.15) is 6.61 Å². The highest BCUT2D eigenvalue weighted by Gasteiger charge is 2.31. The van der Waals surface area contributed by atoms with Gasteiger partial charge in [0.15, 0.2) is 0 Å². The minimum atomic E-state index is -0.255. The van der Waals surface area contributed by atoms with Crippen molar-refractivity contribution in [1.82, 2.24) is 4.90 Å². The van der Waals surface area contributed by atoms with Crippen LogP contribution < -0.4 is 0 Å². The maximum absolute atomic E-state index is 12.3. The van der Waals surface area contributed by atoms with Crippen LogP contribution in [0.5, 0.6) is 0 Å². The lowest BCUT2D eigenvalue weighted by atomic mass is 9.98. The van der Waals surface area contributed by atoms with Crippen molar-refractivity contribution in [2.24, 2.45) is 5.92 Å². The van der Waals surface area contributed by atoms with Gasteiger partial charge in [0, 0.05) is 24.9 Å². The third-order valence-electron chi connectivity index (χ3n) is 5.02. The highest BCUT2D eigenvalue weighted by Crippen LogP contribution is 2.44. The van der Waals surface area contributed by atoms with Gasteiger partial charge in [0.2, 0.25) is 0 Å². The summed E-state index contributed by atoms with van der Waals surface area (Å²) in [5.74, 6) is 2.98. The van der Waals surface area contributed by atoms with E-state index in [1.807, 2.05) is 24.3 Å². The Hall–Kier alpha value is -2.73. The minimum Gasteiger partial charge on any atom is -0.448 e. The van der Waals surface area contributed by atoms with Crippen molar-refractivity contribution in [3.63, 3.8) is 0 Å². The number of rotatable bonds is 2. The zero-order valence-corrected chi connectivity index (χ0v) is 13.4. The minimum absolute atomic E-state index is 0.104. The third kappa shape index (κ3) is 2.45. The summed E-state index contributed by atoms with van der Waals surface area (Å²) in [5.41, 5.74) is 4.94. The van der Waals surface area contributed by atoms with Crippen molar-refractivity contribution in [2.45, 2.75) is 12.3 Å². The predicted molar refractivity (Wildman–Crippen MR) is 93.6 cm³/mol. The molecule has 3 nitrogen and oxygen atoms in total. The van der Waals surface area contributed by atoms with Gasteiger partial charge in [-0.15, -0.1) is 12.3 Å². The number of fused-ring (bicyclic) bond motifs is 3. The summed E-state index contributed by atoms with van der Waals surface area (Å²) in [4.78, 5) is 14.0. The average molecular weight is 317 g/mol. The number of amides is 1. The highest BCUT2D eigenvalue weighted by atomic mass is 16.6. The van der Waals surface area contributed by atoms with Crippen LogP contribution in [0.2, 0.25) is 0 Å². The zero-order valence-electron chi connectivity index (χ0n) is 13.4. The summed E-state index contributed by atoms with van der Waals surface area (Å²) in [6.45, 7) is 1.66.